The summed E-state index contributed by atoms with van der Waals surface area (Å²) in [7, 11) is 1.65. The Morgan fingerprint density at radius 3 is 2.24 bits per heavy atom. The van der Waals surface area contributed by atoms with Crippen LogP contribution >= 0.6 is 0 Å². The highest BCUT2D eigenvalue weighted by Crippen LogP contribution is 2.39. The van der Waals surface area contributed by atoms with Gasteiger partial charge in [-0.1, -0.05) is 6.07 Å². The van der Waals surface area contributed by atoms with Gasteiger partial charge in [-0.25, -0.2) is 14.6 Å². The van der Waals surface area contributed by atoms with Crippen molar-refractivity contribution in [2.24, 2.45) is 0 Å². The third kappa shape index (κ3) is 11.2. The maximum absolute atomic E-state index is 9.73. The predicted molar refractivity (Wildman–Crippen MR) is 211 cm³/mol. The highest BCUT2D eigenvalue weighted by atomic mass is 16.6. The van der Waals surface area contributed by atoms with Crippen LogP contribution < -0.4 is 14.8 Å². The summed E-state index contributed by atoms with van der Waals surface area (Å²) in [6, 6.07) is 9.64. The lowest BCUT2D eigenvalue weighted by Crippen LogP contribution is -2.52. The minimum absolute atomic E-state index is 0.272. The van der Waals surface area contributed by atoms with Crippen LogP contribution in [-0.2, 0) is 30.2 Å². The second kappa shape index (κ2) is 21.3. The van der Waals surface area contributed by atoms with Crippen molar-refractivity contribution in [1.82, 2.24) is 44.9 Å². The minimum atomic E-state index is -0.282. The SMILES string of the molecule is COCCOCCOCCOCCCOc1nn(C2CCC(N3[C@@H]4CC[C@H]3COC4)CC2)cc1Nc1ncc(-c2ccc(C#N)c(O[C@@H](C)Cn3cnnn3)c2)cn1. The van der Waals surface area contributed by atoms with Crippen LogP contribution in [-0.4, -0.2) is 142 Å². The molecule has 3 fully saturated rings. The maximum atomic E-state index is 9.73. The van der Waals surface area contributed by atoms with Crippen molar-refractivity contribution in [3.05, 3.63) is 48.7 Å². The number of nitriles is 1. The van der Waals surface area contributed by atoms with Gasteiger partial charge in [-0.05, 0) is 73.6 Å². The molecule has 1 aromatic carbocycles. The Morgan fingerprint density at radius 1 is 0.862 bits per heavy atom. The van der Waals surface area contributed by atoms with E-state index in [4.69, 9.17) is 38.3 Å². The number of tetrazole rings is 1. The fourth-order valence-electron chi connectivity index (χ4n) is 7.98. The summed E-state index contributed by atoms with van der Waals surface area (Å²) in [5.74, 6) is 1.37. The van der Waals surface area contributed by atoms with Gasteiger partial charge in [0.25, 0.3) is 5.88 Å². The molecule has 18 heteroatoms. The number of methoxy groups -OCH3 is 1. The third-order valence-electron chi connectivity index (χ3n) is 10.8. The zero-order chi connectivity index (χ0) is 39.9. The van der Waals surface area contributed by atoms with E-state index in [0.717, 1.165) is 50.0 Å². The lowest BCUT2D eigenvalue weighted by Gasteiger charge is -2.43. The van der Waals surface area contributed by atoms with E-state index in [2.05, 4.69) is 46.5 Å². The van der Waals surface area contributed by atoms with Crippen LogP contribution in [0.15, 0.2) is 43.1 Å². The Hall–Kier alpha value is -4.77. The molecule has 58 heavy (non-hydrogen) atoms. The largest absolute Gasteiger partial charge is 0.487 e. The number of fused-ring (bicyclic) bond motifs is 2. The molecule has 3 atom stereocenters. The first-order valence-electron chi connectivity index (χ1n) is 20.4. The highest BCUT2D eigenvalue weighted by Gasteiger charge is 2.42. The van der Waals surface area contributed by atoms with Gasteiger partial charge in [0, 0.05) is 56.2 Å². The molecule has 312 valence electrons. The Bertz CT molecular complexity index is 1850. The number of anilines is 2. The van der Waals surface area contributed by atoms with E-state index in [1.807, 2.05) is 25.3 Å². The molecule has 0 radical (unpaired) electrons. The molecular weight excluding hydrogens is 747 g/mol. The molecule has 5 heterocycles. The summed E-state index contributed by atoms with van der Waals surface area (Å²) in [5, 5.41) is 29.3. The van der Waals surface area contributed by atoms with Crippen LogP contribution in [0.3, 0.4) is 0 Å². The molecule has 0 amide bonds. The van der Waals surface area contributed by atoms with E-state index < -0.39 is 0 Å². The molecule has 3 aliphatic rings. The molecule has 3 aromatic heterocycles. The monoisotopic (exact) mass is 801 g/mol. The van der Waals surface area contributed by atoms with Crippen molar-refractivity contribution in [2.75, 3.05) is 78.5 Å². The molecule has 0 unspecified atom stereocenters. The van der Waals surface area contributed by atoms with E-state index in [1.54, 1.807) is 30.3 Å². The zero-order valence-corrected chi connectivity index (χ0v) is 33.5. The van der Waals surface area contributed by atoms with Crippen molar-refractivity contribution < 1.29 is 33.2 Å². The Kier molecular flexibility index (Phi) is 15.2. The number of morpholine rings is 1. The Morgan fingerprint density at radius 2 is 1.55 bits per heavy atom. The van der Waals surface area contributed by atoms with Crippen LogP contribution in [0.25, 0.3) is 11.1 Å². The van der Waals surface area contributed by atoms with E-state index in [1.165, 1.54) is 19.2 Å². The average Bonchev–Trinajstić information content (AvgIpc) is 3.97. The topological polar surface area (TPSA) is 191 Å². The van der Waals surface area contributed by atoms with Gasteiger partial charge in [0.15, 0.2) is 0 Å². The fraction of sp³-hybridized carbons (Fsp3) is 0.625. The summed E-state index contributed by atoms with van der Waals surface area (Å²) < 4.78 is 43.6. The van der Waals surface area contributed by atoms with Gasteiger partial charge in [-0.2, -0.15) is 5.26 Å². The molecule has 1 aliphatic carbocycles. The molecule has 2 saturated heterocycles. The van der Waals surface area contributed by atoms with Crippen LogP contribution in [0.4, 0.5) is 11.6 Å². The molecule has 1 saturated carbocycles. The first-order valence-corrected chi connectivity index (χ1v) is 20.4. The Labute approximate surface area is 339 Å². The molecule has 0 spiro atoms. The van der Waals surface area contributed by atoms with Gasteiger partial charge in [-0.15, -0.1) is 10.2 Å². The normalized spacial score (nSPS) is 21.1. The van der Waals surface area contributed by atoms with Crippen molar-refractivity contribution in [3.63, 3.8) is 0 Å². The predicted octanol–water partition coefficient (Wildman–Crippen LogP) is 4.22. The first-order chi connectivity index (χ1) is 28.6. The van der Waals surface area contributed by atoms with Gasteiger partial charge in [0.1, 0.15) is 29.9 Å². The minimum Gasteiger partial charge on any atom is -0.487 e. The number of benzene rings is 1. The fourth-order valence-corrected chi connectivity index (χ4v) is 7.98. The van der Waals surface area contributed by atoms with Crippen molar-refractivity contribution >= 4 is 11.6 Å². The van der Waals surface area contributed by atoms with Crippen LogP contribution in [0, 0.1) is 11.3 Å². The van der Waals surface area contributed by atoms with Gasteiger partial charge < -0.3 is 38.5 Å². The van der Waals surface area contributed by atoms with E-state index in [9.17, 15) is 5.26 Å². The quantitative estimate of drug-likeness (QED) is 0.105. The van der Waals surface area contributed by atoms with Gasteiger partial charge in [-0.3, -0.25) is 9.58 Å². The van der Waals surface area contributed by atoms with Gasteiger partial charge in [0.2, 0.25) is 5.95 Å². The Balaban J connectivity index is 0.956. The van der Waals surface area contributed by atoms with Crippen LogP contribution in [0.2, 0.25) is 0 Å². The van der Waals surface area contributed by atoms with E-state index >= 15 is 0 Å². The lowest BCUT2D eigenvalue weighted by molar-refractivity contribution is -0.0458. The number of hydrogen-bond acceptors (Lipinski definition) is 16. The summed E-state index contributed by atoms with van der Waals surface area (Å²) in [4.78, 5) is 12.0. The number of nitrogens with one attached hydrogen (secondary N) is 1. The molecular formula is C40H55N11O7. The second-order valence-electron chi connectivity index (χ2n) is 14.9. The molecule has 4 aromatic rings. The van der Waals surface area contributed by atoms with Gasteiger partial charge in [0.05, 0.1) is 83.8 Å². The molecule has 1 N–H and O–H groups in total. The summed E-state index contributed by atoms with van der Waals surface area (Å²) in [5.41, 5.74) is 2.71. The number of ether oxygens (including phenoxy) is 7. The average molecular weight is 802 g/mol. The highest BCUT2D eigenvalue weighted by molar-refractivity contribution is 5.67. The molecule has 18 nitrogen and oxygen atoms in total. The summed E-state index contributed by atoms with van der Waals surface area (Å²) >= 11 is 0. The van der Waals surface area contributed by atoms with Crippen LogP contribution in [0.1, 0.15) is 63.5 Å². The summed E-state index contributed by atoms with van der Waals surface area (Å²) in [6.45, 7) is 8.22. The van der Waals surface area contributed by atoms with E-state index in [0.29, 0.717) is 113 Å². The van der Waals surface area contributed by atoms with Crippen molar-refractivity contribution in [1.29, 1.82) is 5.26 Å². The number of nitrogens with zero attached hydrogens (tertiary/aromatic N) is 10. The smallest absolute Gasteiger partial charge is 0.256 e. The molecule has 2 bridgehead atoms. The van der Waals surface area contributed by atoms with Crippen molar-refractivity contribution in [3.8, 4) is 28.8 Å². The first kappa shape index (κ1) is 41.4. The van der Waals surface area contributed by atoms with Crippen molar-refractivity contribution in [2.45, 2.75) is 88.7 Å². The summed E-state index contributed by atoms with van der Waals surface area (Å²) in [6.07, 6.45) is 14.3. The van der Waals surface area contributed by atoms with E-state index in [-0.39, 0.29) is 12.1 Å². The number of rotatable bonds is 23. The van der Waals surface area contributed by atoms with Gasteiger partial charge >= 0.3 is 0 Å². The second-order valence-corrected chi connectivity index (χ2v) is 14.9. The zero-order valence-electron chi connectivity index (χ0n) is 33.5. The number of aromatic nitrogens is 8. The number of hydrogen-bond donors (Lipinski definition) is 1. The van der Waals surface area contributed by atoms with Crippen LogP contribution in [0.5, 0.6) is 11.6 Å². The lowest BCUT2D eigenvalue weighted by atomic mass is 9.89. The third-order valence-corrected chi connectivity index (χ3v) is 10.8. The standard InChI is InChI=1S/C40H55N11O7/c1-29(24-49-28-44-47-48-49)58-38-20-30(4-5-31(38)21-41)32-22-42-40(43-23-32)45-37-25-50(33-6-8-34(9-7-33)51-35-10-11-36(51)27-56-26-35)46-39(37)57-13-3-12-53-16-17-55-19-18-54-15-14-52-2/h4-5,20,22-23,25,28-29,33-36H,3,6-19,24,26-27H2,1-2H3,(H,42,43,45)/t29-,33?,34?,35-,36+/m0/s1. The molecule has 2 aliphatic heterocycles. The molecule has 7 rings (SSSR count). The maximum Gasteiger partial charge on any atom is 0.256 e.